The first-order valence-corrected chi connectivity index (χ1v) is 10.2. The van der Waals surface area contributed by atoms with Crippen molar-refractivity contribution < 1.29 is 12.8 Å². The molecule has 5 nitrogen and oxygen atoms in total. The van der Waals surface area contributed by atoms with Gasteiger partial charge in [0.05, 0.1) is 10.6 Å². The zero-order chi connectivity index (χ0) is 18.6. The molecule has 0 bridgehead atoms. The van der Waals surface area contributed by atoms with Gasteiger partial charge in [0.2, 0.25) is 10.0 Å². The molecule has 1 fully saturated rings. The van der Waals surface area contributed by atoms with Crippen LogP contribution in [0.3, 0.4) is 0 Å². The lowest BCUT2D eigenvalue weighted by molar-refractivity contribution is 0.261. The Morgan fingerprint density at radius 2 is 1.65 bits per heavy atom. The predicted octanol–water partition coefficient (Wildman–Crippen LogP) is 2.23. The van der Waals surface area contributed by atoms with E-state index in [4.69, 9.17) is 0 Å². The molecule has 0 radical (unpaired) electrons. The first kappa shape index (κ1) is 18.8. The molecule has 1 N–H and O–H groups in total. The molecule has 1 saturated heterocycles. The molecule has 26 heavy (non-hydrogen) atoms. The first-order valence-electron chi connectivity index (χ1n) is 8.74. The molecule has 0 spiro atoms. The molecule has 0 unspecified atom stereocenters. The Balaban J connectivity index is 1.47. The minimum Gasteiger partial charge on any atom is -0.367 e. The summed E-state index contributed by atoms with van der Waals surface area (Å²) in [5.74, 6) is -0.202. The van der Waals surface area contributed by atoms with Crippen LogP contribution in [0.1, 0.15) is 5.56 Å². The third-order valence-electron chi connectivity index (χ3n) is 4.62. The van der Waals surface area contributed by atoms with Crippen molar-refractivity contribution in [2.45, 2.75) is 11.8 Å². The van der Waals surface area contributed by atoms with Crippen molar-refractivity contribution in [1.82, 2.24) is 9.62 Å². The second kappa shape index (κ2) is 8.16. The van der Waals surface area contributed by atoms with E-state index in [0.717, 1.165) is 31.7 Å². The van der Waals surface area contributed by atoms with Crippen molar-refractivity contribution in [2.24, 2.45) is 0 Å². The number of anilines is 1. The van der Waals surface area contributed by atoms with Gasteiger partial charge in [-0.1, -0.05) is 29.8 Å². The zero-order valence-corrected chi connectivity index (χ0v) is 15.7. The number of piperazine rings is 1. The molecule has 0 aliphatic carbocycles. The number of para-hydroxylation sites is 1. The van der Waals surface area contributed by atoms with Crippen LogP contribution in [0.4, 0.5) is 10.1 Å². The molecule has 0 aromatic heterocycles. The maximum absolute atomic E-state index is 13.9. The highest BCUT2D eigenvalue weighted by Crippen LogP contribution is 2.20. The maximum atomic E-state index is 13.9. The molecule has 2 aromatic rings. The third-order valence-corrected chi connectivity index (χ3v) is 6.09. The van der Waals surface area contributed by atoms with E-state index in [1.165, 1.54) is 6.07 Å². The summed E-state index contributed by atoms with van der Waals surface area (Å²) in [7, 11) is -3.47. The average Bonchev–Trinajstić information content (AvgIpc) is 2.63. The Hall–Kier alpha value is -1.96. The van der Waals surface area contributed by atoms with Gasteiger partial charge in [-0.25, -0.2) is 17.5 Å². The topological polar surface area (TPSA) is 52.7 Å². The minimum atomic E-state index is -3.47. The van der Waals surface area contributed by atoms with Crippen molar-refractivity contribution in [1.29, 1.82) is 0 Å². The predicted molar refractivity (Wildman–Crippen MR) is 101 cm³/mol. The first-order chi connectivity index (χ1) is 12.5. The summed E-state index contributed by atoms with van der Waals surface area (Å²) in [4.78, 5) is 4.50. The average molecular weight is 377 g/mol. The number of halogens is 1. The molecule has 7 heteroatoms. The van der Waals surface area contributed by atoms with E-state index >= 15 is 0 Å². The van der Waals surface area contributed by atoms with Crippen LogP contribution in [0.15, 0.2) is 53.4 Å². The normalized spacial score (nSPS) is 16.0. The molecule has 1 aliphatic rings. The molecule has 0 atom stereocenters. The van der Waals surface area contributed by atoms with Gasteiger partial charge in [-0.05, 0) is 31.2 Å². The van der Waals surface area contributed by atoms with Crippen molar-refractivity contribution in [3.8, 4) is 0 Å². The van der Waals surface area contributed by atoms with Crippen molar-refractivity contribution in [3.63, 3.8) is 0 Å². The van der Waals surface area contributed by atoms with Crippen LogP contribution in [0.2, 0.25) is 0 Å². The Morgan fingerprint density at radius 1 is 1.00 bits per heavy atom. The highest BCUT2D eigenvalue weighted by Gasteiger charge is 2.20. The summed E-state index contributed by atoms with van der Waals surface area (Å²) in [6, 6.07) is 13.6. The van der Waals surface area contributed by atoms with Gasteiger partial charge in [0.15, 0.2) is 0 Å². The van der Waals surface area contributed by atoms with Gasteiger partial charge < -0.3 is 4.90 Å². The molecule has 140 valence electrons. The van der Waals surface area contributed by atoms with E-state index < -0.39 is 10.0 Å². The Bertz CT molecular complexity index is 832. The fraction of sp³-hybridized carbons (Fsp3) is 0.368. The van der Waals surface area contributed by atoms with Crippen LogP contribution in [-0.2, 0) is 10.0 Å². The van der Waals surface area contributed by atoms with Crippen LogP contribution in [-0.4, -0.2) is 52.6 Å². The van der Waals surface area contributed by atoms with Gasteiger partial charge in [-0.3, -0.25) is 4.90 Å². The summed E-state index contributed by atoms with van der Waals surface area (Å²) in [6.07, 6.45) is 0. The van der Waals surface area contributed by atoms with Gasteiger partial charge in [0.1, 0.15) is 5.82 Å². The second-order valence-electron chi connectivity index (χ2n) is 6.49. The number of nitrogens with one attached hydrogen (secondary N) is 1. The number of hydrogen-bond acceptors (Lipinski definition) is 4. The standard InChI is InChI=1S/C19H24FN3O2S/c1-16-6-8-17(9-7-16)26(24,25)21-10-11-22-12-14-23(15-13-22)19-5-3-2-4-18(19)20/h2-9,21H,10-15H2,1H3. The Kier molecular flexibility index (Phi) is 5.90. The third kappa shape index (κ3) is 4.60. The SMILES string of the molecule is Cc1ccc(S(=O)(=O)NCCN2CCN(c3ccccc3F)CC2)cc1. The van der Waals surface area contributed by atoms with E-state index in [9.17, 15) is 12.8 Å². The van der Waals surface area contributed by atoms with Gasteiger partial charge >= 0.3 is 0 Å². The Morgan fingerprint density at radius 3 is 2.31 bits per heavy atom. The van der Waals surface area contributed by atoms with E-state index in [0.29, 0.717) is 18.8 Å². The van der Waals surface area contributed by atoms with Crippen molar-refractivity contribution in [3.05, 3.63) is 59.9 Å². The highest BCUT2D eigenvalue weighted by molar-refractivity contribution is 7.89. The number of sulfonamides is 1. The van der Waals surface area contributed by atoms with E-state index in [1.807, 2.05) is 17.9 Å². The lowest BCUT2D eigenvalue weighted by Crippen LogP contribution is -2.48. The smallest absolute Gasteiger partial charge is 0.240 e. The van der Waals surface area contributed by atoms with Gasteiger partial charge in [-0.15, -0.1) is 0 Å². The van der Waals surface area contributed by atoms with Gasteiger partial charge in [-0.2, -0.15) is 0 Å². The monoisotopic (exact) mass is 377 g/mol. The minimum absolute atomic E-state index is 0.202. The number of rotatable bonds is 6. The second-order valence-corrected chi connectivity index (χ2v) is 8.26. The fourth-order valence-corrected chi connectivity index (χ4v) is 4.08. The van der Waals surface area contributed by atoms with Crippen molar-refractivity contribution >= 4 is 15.7 Å². The molecule has 2 aromatic carbocycles. The van der Waals surface area contributed by atoms with Gasteiger partial charge in [0.25, 0.3) is 0 Å². The number of hydrogen-bond donors (Lipinski definition) is 1. The Labute approximate surface area is 154 Å². The van der Waals surface area contributed by atoms with E-state index in [1.54, 1.807) is 36.4 Å². The summed E-state index contributed by atoms with van der Waals surface area (Å²) in [5, 5.41) is 0. The molecule has 0 amide bonds. The molecule has 1 aliphatic heterocycles. The summed E-state index contributed by atoms with van der Waals surface area (Å²) >= 11 is 0. The van der Waals surface area contributed by atoms with E-state index in [-0.39, 0.29) is 10.7 Å². The number of nitrogens with zero attached hydrogens (tertiary/aromatic N) is 2. The van der Waals surface area contributed by atoms with Crippen LogP contribution < -0.4 is 9.62 Å². The quantitative estimate of drug-likeness (QED) is 0.839. The number of aryl methyl sites for hydroxylation is 1. The molecular weight excluding hydrogens is 353 g/mol. The van der Waals surface area contributed by atoms with Crippen LogP contribution in [0.5, 0.6) is 0 Å². The molecule has 3 rings (SSSR count). The van der Waals surface area contributed by atoms with Crippen LogP contribution >= 0.6 is 0 Å². The fourth-order valence-electron chi connectivity index (χ4n) is 3.06. The lowest BCUT2D eigenvalue weighted by Gasteiger charge is -2.36. The highest BCUT2D eigenvalue weighted by atomic mass is 32.2. The van der Waals surface area contributed by atoms with Crippen molar-refractivity contribution in [2.75, 3.05) is 44.2 Å². The number of benzene rings is 2. The zero-order valence-electron chi connectivity index (χ0n) is 14.9. The van der Waals surface area contributed by atoms with Crippen LogP contribution in [0.25, 0.3) is 0 Å². The largest absolute Gasteiger partial charge is 0.367 e. The summed E-state index contributed by atoms with van der Waals surface area (Å²) in [6.45, 7) is 5.93. The maximum Gasteiger partial charge on any atom is 0.240 e. The molecule has 0 saturated carbocycles. The molecule has 1 heterocycles. The van der Waals surface area contributed by atoms with E-state index in [2.05, 4.69) is 9.62 Å². The lowest BCUT2D eigenvalue weighted by atomic mass is 10.2. The summed E-state index contributed by atoms with van der Waals surface area (Å²) < 4.78 is 41.1. The molecular formula is C19H24FN3O2S. The summed E-state index contributed by atoms with van der Waals surface area (Å²) in [5.41, 5.74) is 1.66. The van der Waals surface area contributed by atoms with Crippen LogP contribution in [0, 0.1) is 12.7 Å². The van der Waals surface area contributed by atoms with Gasteiger partial charge in [0, 0.05) is 39.3 Å².